The lowest BCUT2D eigenvalue weighted by Crippen LogP contribution is -2.56. The lowest BCUT2D eigenvalue weighted by molar-refractivity contribution is -0.133. The molecule has 0 aromatic heterocycles. The maximum absolute atomic E-state index is 13.4. The fourth-order valence-electron chi connectivity index (χ4n) is 5.47. The normalized spacial score (nSPS) is 21.4. The molecule has 36 heavy (non-hydrogen) atoms. The van der Waals surface area contributed by atoms with Gasteiger partial charge in [-0.15, -0.1) is 0 Å². The maximum Gasteiger partial charge on any atom is 0.257 e. The molecule has 3 amide bonds. The highest BCUT2D eigenvalue weighted by atomic mass is 16.5. The molecule has 0 unspecified atom stereocenters. The Labute approximate surface area is 212 Å². The number of piperazine rings is 1. The number of nitrogens with one attached hydrogen (secondary N) is 1. The Morgan fingerprint density at radius 1 is 1.00 bits per heavy atom. The van der Waals surface area contributed by atoms with Gasteiger partial charge in [0.25, 0.3) is 5.91 Å². The fraction of sp³-hybridized carbons (Fsp3) is 0.464. The highest BCUT2D eigenvalue weighted by Gasteiger charge is 2.38. The predicted octanol–water partition coefficient (Wildman–Crippen LogP) is 2.66. The second-order valence-corrected chi connectivity index (χ2v) is 9.74. The first-order chi connectivity index (χ1) is 17.4. The van der Waals surface area contributed by atoms with Crippen molar-refractivity contribution in [1.29, 1.82) is 0 Å². The third-order valence-corrected chi connectivity index (χ3v) is 7.43. The Bertz CT molecular complexity index is 1080. The molecule has 2 fully saturated rings. The van der Waals surface area contributed by atoms with Crippen molar-refractivity contribution < 1.29 is 19.1 Å². The van der Waals surface area contributed by atoms with E-state index in [-0.39, 0.29) is 23.8 Å². The molecule has 1 aliphatic carbocycles. The summed E-state index contributed by atoms with van der Waals surface area (Å²) in [6.07, 6.45) is 3.74. The van der Waals surface area contributed by atoms with Crippen LogP contribution in [0.15, 0.2) is 48.5 Å². The van der Waals surface area contributed by atoms with Gasteiger partial charge in [-0.3, -0.25) is 19.3 Å². The Kier molecular flexibility index (Phi) is 8.25. The molecule has 1 aliphatic heterocycles. The van der Waals surface area contributed by atoms with Crippen LogP contribution in [0, 0.1) is 12.8 Å². The van der Waals surface area contributed by atoms with E-state index in [1.165, 1.54) is 0 Å². The van der Waals surface area contributed by atoms with Crippen molar-refractivity contribution in [2.24, 2.45) is 11.7 Å². The molecule has 3 N–H and O–H groups in total. The van der Waals surface area contributed by atoms with Crippen LogP contribution in [0.4, 0.5) is 0 Å². The molecule has 2 aromatic carbocycles. The predicted molar refractivity (Wildman–Crippen MR) is 137 cm³/mol. The van der Waals surface area contributed by atoms with E-state index in [1.807, 2.05) is 48.2 Å². The van der Waals surface area contributed by atoms with Crippen molar-refractivity contribution in [2.75, 3.05) is 33.3 Å². The number of carbonyl (C=O) groups excluding carboxylic acids is 3. The molecule has 4 rings (SSSR count). The number of aryl methyl sites for hydroxylation is 1. The third-order valence-electron chi connectivity index (χ3n) is 7.43. The van der Waals surface area contributed by atoms with Crippen molar-refractivity contribution >= 4 is 17.7 Å². The molecular weight excluding hydrogens is 456 g/mol. The summed E-state index contributed by atoms with van der Waals surface area (Å²) in [5.74, 6) is -0.356. The number of carbonyl (C=O) groups is 3. The summed E-state index contributed by atoms with van der Waals surface area (Å²) < 4.78 is 5.44. The highest BCUT2D eigenvalue weighted by molar-refractivity contribution is 5.97. The van der Waals surface area contributed by atoms with Crippen LogP contribution < -0.4 is 15.8 Å². The van der Waals surface area contributed by atoms with Gasteiger partial charge < -0.3 is 20.7 Å². The number of amides is 3. The zero-order valence-electron chi connectivity index (χ0n) is 21.1. The van der Waals surface area contributed by atoms with E-state index in [0.29, 0.717) is 43.1 Å². The summed E-state index contributed by atoms with van der Waals surface area (Å²) in [5, 5.41) is 2.92. The molecule has 0 bridgehead atoms. The molecule has 2 aromatic rings. The zero-order chi connectivity index (χ0) is 25.7. The highest BCUT2D eigenvalue weighted by Crippen LogP contribution is 2.31. The number of hydrogen-bond acceptors (Lipinski definition) is 5. The first kappa shape index (κ1) is 25.7. The number of methoxy groups -OCH3 is 1. The van der Waals surface area contributed by atoms with Crippen LogP contribution in [0.5, 0.6) is 5.75 Å². The summed E-state index contributed by atoms with van der Waals surface area (Å²) in [6, 6.07) is 14.0. The summed E-state index contributed by atoms with van der Waals surface area (Å²) >= 11 is 0. The summed E-state index contributed by atoms with van der Waals surface area (Å²) in [7, 11) is 1.58. The van der Waals surface area contributed by atoms with Crippen LogP contribution >= 0.6 is 0 Å². The zero-order valence-corrected chi connectivity index (χ0v) is 21.1. The average molecular weight is 493 g/mol. The Morgan fingerprint density at radius 3 is 2.36 bits per heavy atom. The molecular formula is C28H36N4O4. The monoisotopic (exact) mass is 492 g/mol. The number of nitrogens with zero attached hydrogens (tertiary/aromatic N) is 2. The lowest BCUT2D eigenvalue weighted by atomic mass is 9.82. The second-order valence-electron chi connectivity index (χ2n) is 9.74. The number of rotatable bonds is 7. The first-order valence-electron chi connectivity index (χ1n) is 12.7. The molecule has 1 heterocycles. The van der Waals surface area contributed by atoms with E-state index in [1.54, 1.807) is 19.2 Å². The van der Waals surface area contributed by atoms with Gasteiger partial charge in [-0.25, -0.2) is 0 Å². The van der Waals surface area contributed by atoms with Crippen LogP contribution in [0.3, 0.4) is 0 Å². The van der Waals surface area contributed by atoms with Gasteiger partial charge in [0.15, 0.2) is 0 Å². The van der Waals surface area contributed by atoms with Gasteiger partial charge in [-0.2, -0.15) is 0 Å². The van der Waals surface area contributed by atoms with Crippen molar-refractivity contribution in [3.05, 3.63) is 65.2 Å². The molecule has 192 valence electrons. The Morgan fingerprint density at radius 2 is 1.69 bits per heavy atom. The van der Waals surface area contributed by atoms with Gasteiger partial charge in [0.1, 0.15) is 11.8 Å². The van der Waals surface area contributed by atoms with Gasteiger partial charge in [0.05, 0.1) is 18.6 Å². The molecule has 1 saturated carbocycles. The molecule has 1 saturated heterocycles. The van der Waals surface area contributed by atoms with Gasteiger partial charge >= 0.3 is 0 Å². The number of nitrogens with two attached hydrogens (primary N) is 1. The molecule has 8 nitrogen and oxygen atoms in total. The summed E-state index contributed by atoms with van der Waals surface area (Å²) in [6.45, 7) is 4.56. The maximum atomic E-state index is 13.4. The van der Waals surface area contributed by atoms with E-state index in [9.17, 15) is 14.4 Å². The minimum atomic E-state index is -0.847. The largest absolute Gasteiger partial charge is 0.496 e. The van der Waals surface area contributed by atoms with Gasteiger partial charge in [0.2, 0.25) is 11.8 Å². The molecule has 0 radical (unpaired) electrons. The quantitative estimate of drug-likeness (QED) is 0.618. The van der Waals surface area contributed by atoms with E-state index >= 15 is 0 Å². The number of primary amides is 1. The van der Waals surface area contributed by atoms with Gasteiger partial charge in [-0.05, 0) is 43.0 Å². The van der Waals surface area contributed by atoms with Crippen LogP contribution in [0.2, 0.25) is 0 Å². The molecule has 0 spiro atoms. The SMILES string of the molecule is COc1cc(C)ccc1C(=O)N1CCN([C@@H]2CCCC[C@H]2C(=O)N[C@H](C(N)=O)c2ccccc2)CC1. The number of ether oxygens (including phenoxy) is 1. The summed E-state index contributed by atoms with van der Waals surface area (Å²) in [4.78, 5) is 42.9. The van der Waals surface area contributed by atoms with Gasteiger partial charge in [0, 0.05) is 32.2 Å². The topological polar surface area (TPSA) is 105 Å². The molecule has 2 aliphatic rings. The Hall–Kier alpha value is -3.39. The van der Waals surface area contributed by atoms with Crippen molar-refractivity contribution in [2.45, 2.75) is 44.7 Å². The minimum Gasteiger partial charge on any atom is -0.496 e. The van der Waals surface area contributed by atoms with Crippen LogP contribution in [0.1, 0.15) is 53.2 Å². The number of hydrogen-bond donors (Lipinski definition) is 2. The second kappa shape index (κ2) is 11.6. The Balaban J connectivity index is 1.41. The van der Waals surface area contributed by atoms with Crippen molar-refractivity contribution in [3.8, 4) is 5.75 Å². The van der Waals surface area contributed by atoms with E-state index < -0.39 is 11.9 Å². The average Bonchev–Trinajstić information content (AvgIpc) is 2.91. The number of benzene rings is 2. The molecule has 3 atom stereocenters. The minimum absolute atomic E-state index is 0.0309. The van der Waals surface area contributed by atoms with E-state index in [0.717, 1.165) is 31.2 Å². The lowest BCUT2D eigenvalue weighted by Gasteiger charge is -2.44. The van der Waals surface area contributed by atoms with Crippen LogP contribution in [-0.2, 0) is 9.59 Å². The first-order valence-corrected chi connectivity index (χ1v) is 12.7. The van der Waals surface area contributed by atoms with Crippen molar-refractivity contribution in [1.82, 2.24) is 15.1 Å². The van der Waals surface area contributed by atoms with Gasteiger partial charge in [-0.1, -0.05) is 49.2 Å². The van der Waals surface area contributed by atoms with Crippen LogP contribution in [-0.4, -0.2) is 66.9 Å². The van der Waals surface area contributed by atoms with Crippen molar-refractivity contribution in [3.63, 3.8) is 0 Å². The van der Waals surface area contributed by atoms with E-state index in [4.69, 9.17) is 10.5 Å². The molecule has 8 heteroatoms. The fourth-order valence-corrected chi connectivity index (χ4v) is 5.47. The standard InChI is InChI=1S/C28H36N4O4/c1-19-12-13-22(24(18-19)36-2)28(35)32-16-14-31(15-17-32)23-11-7-6-10-21(23)27(34)30-25(26(29)33)20-8-4-3-5-9-20/h3-5,8-9,12-13,18,21,23,25H,6-7,10-11,14-17H2,1-2H3,(H2,29,33)(H,30,34)/t21-,23-,25+/m1/s1. The van der Waals surface area contributed by atoms with Crippen LogP contribution in [0.25, 0.3) is 0 Å². The summed E-state index contributed by atoms with van der Waals surface area (Å²) in [5.41, 5.74) is 7.93. The smallest absolute Gasteiger partial charge is 0.257 e. The van der Waals surface area contributed by atoms with E-state index in [2.05, 4.69) is 10.2 Å². The third kappa shape index (κ3) is 5.70.